The molecule has 0 bridgehead atoms. The van der Waals surface area contributed by atoms with Gasteiger partial charge in [-0.3, -0.25) is 4.79 Å². The molecular weight excluding hydrogens is 244 g/mol. The maximum atomic E-state index is 12.5. The highest BCUT2D eigenvalue weighted by molar-refractivity contribution is 5.98. The number of hydrogen-bond donors (Lipinski definition) is 0. The molecule has 0 aliphatic heterocycles. The van der Waals surface area contributed by atoms with Crippen LogP contribution in [0.3, 0.4) is 0 Å². The molecule has 0 heterocycles. The van der Waals surface area contributed by atoms with Gasteiger partial charge in [0.05, 0.1) is 0 Å². The van der Waals surface area contributed by atoms with Crippen LogP contribution in [0.5, 0.6) is 0 Å². The quantitative estimate of drug-likeness (QED) is 0.758. The Bertz CT molecular complexity index is 640. The van der Waals surface area contributed by atoms with Gasteiger partial charge in [-0.1, -0.05) is 49.4 Å². The Labute approximate surface area is 120 Å². The lowest BCUT2D eigenvalue weighted by Gasteiger charge is -2.08. The van der Waals surface area contributed by atoms with E-state index in [1.807, 2.05) is 18.2 Å². The fourth-order valence-corrected chi connectivity index (χ4v) is 3.12. The molecule has 0 spiro atoms. The summed E-state index contributed by atoms with van der Waals surface area (Å²) < 4.78 is 0. The largest absolute Gasteiger partial charge is 0.294 e. The SMILES string of the molecule is CCc1ccccc1C(=O)Cc1ccc2c(c1)CCC2. The lowest BCUT2D eigenvalue weighted by atomic mass is 9.96. The third kappa shape index (κ3) is 2.53. The smallest absolute Gasteiger partial charge is 0.167 e. The summed E-state index contributed by atoms with van der Waals surface area (Å²) in [6.07, 6.45) is 5.05. The molecule has 1 aliphatic rings. The van der Waals surface area contributed by atoms with E-state index < -0.39 is 0 Å². The highest BCUT2D eigenvalue weighted by Crippen LogP contribution is 2.23. The molecule has 0 atom stereocenters. The number of carbonyl (C=O) groups excluding carboxylic acids is 1. The van der Waals surface area contributed by atoms with Crippen molar-refractivity contribution in [3.63, 3.8) is 0 Å². The Hall–Kier alpha value is -1.89. The fraction of sp³-hybridized carbons (Fsp3) is 0.316. The minimum atomic E-state index is 0.236. The third-order valence-corrected chi connectivity index (χ3v) is 4.23. The molecule has 1 aliphatic carbocycles. The van der Waals surface area contributed by atoms with Gasteiger partial charge in [0.2, 0.25) is 0 Å². The van der Waals surface area contributed by atoms with Crippen LogP contribution in [0.25, 0.3) is 0 Å². The molecular formula is C19H20O. The molecule has 2 aromatic carbocycles. The van der Waals surface area contributed by atoms with Gasteiger partial charge in [0.15, 0.2) is 5.78 Å². The summed E-state index contributed by atoms with van der Waals surface area (Å²) >= 11 is 0. The molecule has 0 radical (unpaired) electrons. The maximum Gasteiger partial charge on any atom is 0.167 e. The number of hydrogen-bond acceptors (Lipinski definition) is 1. The number of benzene rings is 2. The number of aryl methyl sites for hydroxylation is 3. The monoisotopic (exact) mass is 264 g/mol. The number of carbonyl (C=O) groups is 1. The van der Waals surface area contributed by atoms with E-state index in [0.717, 1.165) is 23.1 Å². The molecule has 0 unspecified atom stereocenters. The Morgan fingerprint density at radius 3 is 2.70 bits per heavy atom. The zero-order chi connectivity index (χ0) is 13.9. The first-order valence-electron chi connectivity index (χ1n) is 7.49. The number of ketones is 1. The first-order valence-corrected chi connectivity index (χ1v) is 7.49. The molecule has 2 aromatic rings. The molecule has 1 nitrogen and oxygen atoms in total. The summed E-state index contributed by atoms with van der Waals surface area (Å²) in [6, 6.07) is 14.5. The summed E-state index contributed by atoms with van der Waals surface area (Å²) in [5.41, 5.74) is 6.10. The third-order valence-electron chi connectivity index (χ3n) is 4.23. The van der Waals surface area contributed by atoms with Gasteiger partial charge in [-0.25, -0.2) is 0 Å². The lowest BCUT2D eigenvalue weighted by molar-refractivity contribution is 0.0992. The first kappa shape index (κ1) is 13.1. The van der Waals surface area contributed by atoms with Crippen LogP contribution in [0.4, 0.5) is 0 Å². The van der Waals surface area contributed by atoms with Gasteiger partial charge < -0.3 is 0 Å². The van der Waals surface area contributed by atoms with E-state index in [9.17, 15) is 4.79 Å². The zero-order valence-electron chi connectivity index (χ0n) is 12.0. The first-order chi connectivity index (χ1) is 9.78. The van der Waals surface area contributed by atoms with Gasteiger partial charge in [0.25, 0.3) is 0 Å². The predicted molar refractivity (Wildman–Crippen MR) is 82.3 cm³/mol. The average Bonchev–Trinajstić information content (AvgIpc) is 2.94. The predicted octanol–water partition coefficient (Wildman–Crippen LogP) is 4.16. The van der Waals surface area contributed by atoms with Crippen LogP contribution in [0.1, 0.15) is 46.0 Å². The van der Waals surface area contributed by atoms with Crippen LogP contribution < -0.4 is 0 Å². The van der Waals surface area contributed by atoms with Crippen molar-refractivity contribution in [3.8, 4) is 0 Å². The summed E-state index contributed by atoms with van der Waals surface area (Å²) in [5.74, 6) is 0.236. The summed E-state index contributed by atoms with van der Waals surface area (Å²) in [5, 5.41) is 0. The molecule has 0 fully saturated rings. The van der Waals surface area contributed by atoms with E-state index >= 15 is 0 Å². The van der Waals surface area contributed by atoms with Crippen LogP contribution in [-0.4, -0.2) is 5.78 Å². The number of rotatable bonds is 4. The van der Waals surface area contributed by atoms with Crippen LogP contribution in [0, 0.1) is 0 Å². The van der Waals surface area contributed by atoms with Gasteiger partial charge in [-0.05, 0) is 47.9 Å². The molecule has 1 heteroatoms. The molecule has 102 valence electrons. The van der Waals surface area contributed by atoms with Crippen LogP contribution >= 0.6 is 0 Å². The standard InChI is InChI=1S/C19H20O/c1-2-15-6-3-4-9-18(15)19(20)13-14-10-11-16-7-5-8-17(16)12-14/h3-4,6,9-12H,2,5,7-8,13H2,1H3. The number of fused-ring (bicyclic) bond motifs is 1. The Morgan fingerprint density at radius 2 is 1.85 bits per heavy atom. The van der Waals surface area contributed by atoms with Crippen LogP contribution in [0.2, 0.25) is 0 Å². The van der Waals surface area contributed by atoms with Crippen molar-refractivity contribution in [1.29, 1.82) is 0 Å². The van der Waals surface area contributed by atoms with Crippen molar-refractivity contribution in [2.24, 2.45) is 0 Å². The van der Waals surface area contributed by atoms with E-state index in [1.165, 1.54) is 30.4 Å². The van der Waals surface area contributed by atoms with Crippen molar-refractivity contribution in [2.45, 2.75) is 39.0 Å². The fourth-order valence-electron chi connectivity index (χ4n) is 3.12. The van der Waals surface area contributed by atoms with E-state index in [2.05, 4.69) is 31.2 Å². The summed E-state index contributed by atoms with van der Waals surface area (Å²) in [6.45, 7) is 2.10. The van der Waals surface area contributed by atoms with E-state index in [4.69, 9.17) is 0 Å². The van der Waals surface area contributed by atoms with Crippen LogP contribution in [0.15, 0.2) is 42.5 Å². The second-order valence-electron chi connectivity index (χ2n) is 5.57. The van der Waals surface area contributed by atoms with Gasteiger partial charge in [0.1, 0.15) is 0 Å². The minimum absolute atomic E-state index is 0.236. The van der Waals surface area contributed by atoms with E-state index in [0.29, 0.717) is 6.42 Å². The number of Topliss-reactive ketones (excluding diaryl/α,β-unsaturated/α-hetero) is 1. The van der Waals surface area contributed by atoms with Gasteiger partial charge in [-0.2, -0.15) is 0 Å². The van der Waals surface area contributed by atoms with E-state index in [1.54, 1.807) is 0 Å². The molecule has 0 amide bonds. The molecule has 20 heavy (non-hydrogen) atoms. The Morgan fingerprint density at radius 1 is 1.05 bits per heavy atom. The Balaban J connectivity index is 1.82. The topological polar surface area (TPSA) is 17.1 Å². The molecule has 0 saturated heterocycles. The highest BCUT2D eigenvalue weighted by Gasteiger charge is 2.14. The highest BCUT2D eigenvalue weighted by atomic mass is 16.1. The van der Waals surface area contributed by atoms with E-state index in [-0.39, 0.29) is 5.78 Å². The average molecular weight is 264 g/mol. The van der Waals surface area contributed by atoms with Gasteiger partial charge in [0, 0.05) is 12.0 Å². The minimum Gasteiger partial charge on any atom is -0.294 e. The molecule has 0 aromatic heterocycles. The summed E-state index contributed by atoms with van der Waals surface area (Å²) in [4.78, 5) is 12.5. The van der Waals surface area contributed by atoms with Crippen molar-refractivity contribution in [2.75, 3.05) is 0 Å². The van der Waals surface area contributed by atoms with Crippen molar-refractivity contribution in [3.05, 3.63) is 70.3 Å². The zero-order valence-corrected chi connectivity index (χ0v) is 12.0. The van der Waals surface area contributed by atoms with Gasteiger partial charge in [-0.15, -0.1) is 0 Å². The molecule has 3 rings (SSSR count). The molecule has 0 N–H and O–H groups in total. The van der Waals surface area contributed by atoms with Crippen molar-refractivity contribution >= 4 is 5.78 Å². The van der Waals surface area contributed by atoms with Crippen molar-refractivity contribution < 1.29 is 4.79 Å². The lowest BCUT2D eigenvalue weighted by Crippen LogP contribution is -2.07. The maximum absolute atomic E-state index is 12.5. The molecule has 0 saturated carbocycles. The normalized spacial score (nSPS) is 13.2. The Kier molecular flexibility index (Phi) is 3.68. The second kappa shape index (κ2) is 5.62. The van der Waals surface area contributed by atoms with Crippen LogP contribution in [-0.2, 0) is 25.7 Å². The summed E-state index contributed by atoms with van der Waals surface area (Å²) in [7, 11) is 0. The van der Waals surface area contributed by atoms with Crippen molar-refractivity contribution in [1.82, 2.24) is 0 Å². The second-order valence-corrected chi connectivity index (χ2v) is 5.57. The van der Waals surface area contributed by atoms with Gasteiger partial charge >= 0.3 is 0 Å².